The second-order valence-corrected chi connectivity index (χ2v) is 3.15. The zero-order valence-electron chi connectivity index (χ0n) is 7.71. The van der Waals surface area contributed by atoms with Gasteiger partial charge in [-0.3, -0.25) is 4.79 Å². The SMILES string of the molecule is CCCC(C)C(C)C=CC=O. The van der Waals surface area contributed by atoms with Crippen molar-refractivity contribution in [1.29, 1.82) is 0 Å². The fraction of sp³-hybridized carbons (Fsp3) is 0.700. The van der Waals surface area contributed by atoms with E-state index in [1.807, 2.05) is 6.08 Å². The molecule has 0 aliphatic carbocycles. The summed E-state index contributed by atoms with van der Waals surface area (Å²) < 4.78 is 0. The molecule has 0 radical (unpaired) electrons. The average Bonchev–Trinajstić information content (AvgIpc) is 2.00. The molecule has 0 saturated carbocycles. The Hall–Kier alpha value is -0.590. The van der Waals surface area contributed by atoms with Crippen molar-refractivity contribution in [2.24, 2.45) is 11.8 Å². The summed E-state index contributed by atoms with van der Waals surface area (Å²) in [5.41, 5.74) is 0. The highest BCUT2D eigenvalue weighted by molar-refractivity contribution is 5.64. The van der Waals surface area contributed by atoms with E-state index in [0.29, 0.717) is 11.8 Å². The summed E-state index contributed by atoms with van der Waals surface area (Å²) in [6.45, 7) is 6.57. The van der Waals surface area contributed by atoms with E-state index >= 15 is 0 Å². The van der Waals surface area contributed by atoms with Crippen LogP contribution in [-0.2, 0) is 4.79 Å². The molecule has 0 spiro atoms. The molecule has 0 aliphatic rings. The number of allylic oxidation sites excluding steroid dienone is 2. The topological polar surface area (TPSA) is 17.1 Å². The van der Waals surface area contributed by atoms with Crippen molar-refractivity contribution in [2.75, 3.05) is 0 Å². The van der Waals surface area contributed by atoms with Crippen LogP contribution in [0.15, 0.2) is 12.2 Å². The van der Waals surface area contributed by atoms with E-state index in [1.54, 1.807) is 6.08 Å². The molecule has 2 unspecified atom stereocenters. The molecule has 0 amide bonds. The minimum atomic E-state index is 0.528. The molecular weight excluding hydrogens is 136 g/mol. The van der Waals surface area contributed by atoms with Gasteiger partial charge in [-0.25, -0.2) is 0 Å². The van der Waals surface area contributed by atoms with Gasteiger partial charge in [0, 0.05) is 0 Å². The lowest BCUT2D eigenvalue weighted by Gasteiger charge is -2.14. The van der Waals surface area contributed by atoms with Gasteiger partial charge in [-0.2, -0.15) is 0 Å². The fourth-order valence-corrected chi connectivity index (χ4v) is 1.13. The van der Waals surface area contributed by atoms with Gasteiger partial charge in [0.1, 0.15) is 6.29 Å². The maximum absolute atomic E-state index is 10.0. The van der Waals surface area contributed by atoms with Gasteiger partial charge >= 0.3 is 0 Å². The van der Waals surface area contributed by atoms with Gasteiger partial charge in [0.05, 0.1) is 0 Å². The maximum Gasteiger partial charge on any atom is 0.142 e. The van der Waals surface area contributed by atoms with Gasteiger partial charge in [-0.15, -0.1) is 0 Å². The zero-order chi connectivity index (χ0) is 8.69. The lowest BCUT2D eigenvalue weighted by Crippen LogP contribution is -2.04. The molecule has 0 aromatic rings. The molecule has 0 fully saturated rings. The number of aldehydes is 1. The Morgan fingerprint density at radius 3 is 2.45 bits per heavy atom. The van der Waals surface area contributed by atoms with Crippen LogP contribution in [-0.4, -0.2) is 6.29 Å². The largest absolute Gasteiger partial charge is 0.299 e. The van der Waals surface area contributed by atoms with E-state index in [-0.39, 0.29) is 0 Å². The molecule has 1 heteroatoms. The second kappa shape index (κ2) is 6.14. The summed E-state index contributed by atoms with van der Waals surface area (Å²) in [5.74, 6) is 1.22. The highest BCUT2D eigenvalue weighted by Gasteiger charge is 2.06. The van der Waals surface area contributed by atoms with Crippen LogP contribution in [0.2, 0.25) is 0 Å². The van der Waals surface area contributed by atoms with Crippen molar-refractivity contribution in [1.82, 2.24) is 0 Å². The number of carbonyl (C=O) groups is 1. The van der Waals surface area contributed by atoms with Crippen molar-refractivity contribution < 1.29 is 4.79 Å². The first kappa shape index (κ1) is 10.4. The van der Waals surface area contributed by atoms with Crippen LogP contribution in [0.5, 0.6) is 0 Å². The molecule has 0 rings (SSSR count). The summed E-state index contributed by atoms with van der Waals surface area (Å²) >= 11 is 0. The molecule has 0 aromatic carbocycles. The smallest absolute Gasteiger partial charge is 0.142 e. The van der Waals surface area contributed by atoms with E-state index in [1.165, 1.54) is 12.8 Å². The number of hydrogen-bond donors (Lipinski definition) is 0. The monoisotopic (exact) mass is 154 g/mol. The normalized spacial score (nSPS) is 16.6. The highest BCUT2D eigenvalue weighted by Crippen LogP contribution is 2.17. The molecular formula is C10H18O. The van der Waals surface area contributed by atoms with Crippen molar-refractivity contribution in [2.45, 2.75) is 33.6 Å². The van der Waals surface area contributed by atoms with Crippen molar-refractivity contribution in [3.63, 3.8) is 0 Å². The Bertz CT molecular complexity index is 127. The first-order chi connectivity index (χ1) is 5.22. The minimum Gasteiger partial charge on any atom is -0.299 e. The summed E-state index contributed by atoms with van der Waals surface area (Å²) in [5, 5.41) is 0. The van der Waals surface area contributed by atoms with Gasteiger partial charge in [0.25, 0.3) is 0 Å². The highest BCUT2D eigenvalue weighted by atomic mass is 16.1. The number of rotatable bonds is 5. The Morgan fingerprint density at radius 1 is 1.36 bits per heavy atom. The Balaban J connectivity index is 3.71. The Morgan fingerprint density at radius 2 is 2.00 bits per heavy atom. The van der Waals surface area contributed by atoms with Gasteiger partial charge in [0.2, 0.25) is 0 Å². The van der Waals surface area contributed by atoms with Crippen LogP contribution in [0.3, 0.4) is 0 Å². The third kappa shape index (κ3) is 4.77. The van der Waals surface area contributed by atoms with Crippen molar-refractivity contribution in [3.05, 3.63) is 12.2 Å². The summed E-state index contributed by atoms with van der Waals surface area (Å²) in [7, 11) is 0. The second-order valence-electron chi connectivity index (χ2n) is 3.15. The maximum atomic E-state index is 10.0. The first-order valence-corrected chi connectivity index (χ1v) is 4.34. The molecule has 2 atom stereocenters. The fourth-order valence-electron chi connectivity index (χ4n) is 1.13. The van der Waals surface area contributed by atoms with E-state index in [9.17, 15) is 4.79 Å². The van der Waals surface area contributed by atoms with Crippen molar-refractivity contribution in [3.8, 4) is 0 Å². The van der Waals surface area contributed by atoms with E-state index in [0.717, 1.165) is 6.29 Å². The predicted molar refractivity (Wildman–Crippen MR) is 48.4 cm³/mol. The minimum absolute atomic E-state index is 0.528. The average molecular weight is 154 g/mol. The quantitative estimate of drug-likeness (QED) is 0.439. The van der Waals surface area contributed by atoms with Crippen LogP contribution in [0.1, 0.15) is 33.6 Å². The molecule has 0 bridgehead atoms. The zero-order valence-corrected chi connectivity index (χ0v) is 7.71. The lowest BCUT2D eigenvalue weighted by molar-refractivity contribution is -0.104. The van der Waals surface area contributed by atoms with Gasteiger partial charge in [-0.1, -0.05) is 39.7 Å². The molecule has 1 nitrogen and oxygen atoms in total. The van der Waals surface area contributed by atoms with Gasteiger partial charge < -0.3 is 0 Å². The standard InChI is InChI=1S/C10H18O/c1-4-6-9(2)10(3)7-5-8-11/h5,7-10H,4,6H2,1-3H3. The van der Waals surface area contributed by atoms with Crippen LogP contribution in [0.25, 0.3) is 0 Å². The Kier molecular flexibility index (Phi) is 5.81. The molecule has 0 aliphatic heterocycles. The van der Waals surface area contributed by atoms with Crippen LogP contribution in [0.4, 0.5) is 0 Å². The third-order valence-corrected chi connectivity index (χ3v) is 2.13. The predicted octanol–water partition coefficient (Wildman–Crippen LogP) is 2.81. The number of hydrogen-bond acceptors (Lipinski definition) is 1. The van der Waals surface area contributed by atoms with Crippen LogP contribution >= 0.6 is 0 Å². The van der Waals surface area contributed by atoms with E-state index in [2.05, 4.69) is 20.8 Å². The summed E-state index contributed by atoms with van der Waals surface area (Å²) in [6.07, 6.45) is 6.88. The molecule has 0 N–H and O–H groups in total. The Labute approximate surface area is 69.5 Å². The molecule has 11 heavy (non-hydrogen) atoms. The van der Waals surface area contributed by atoms with Gasteiger partial charge in [0.15, 0.2) is 0 Å². The number of carbonyl (C=O) groups excluding carboxylic acids is 1. The third-order valence-electron chi connectivity index (χ3n) is 2.13. The first-order valence-electron chi connectivity index (χ1n) is 4.34. The molecule has 0 aromatic heterocycles. The molecule has 0 saturated heterocycles. The molecule has 0 heterocycles. The van der Waals surface area contributed by atoms with E-state index < -0.39 is 0 Å². The van der Waals surface area contributed by atoms with Crippen LogP contribution < -0.4 is 0 Å². The lowest BCUT2D eigenvalue weighted by atomic mass is 9.92. The summed E-state index contributed by atoms with van der Waals surface area (Å²) in [4.78, 5) is 10.0. The molecule has 64 valence electrons. The summed E-state index contributed by atoms with van der Waals surface area (Å²) in [6, 6.07) is 0. The van der Waals surface area contributed by atoms with Crippen LogP contribution in [0, 0.1) is 11.8 Å². The van der Waals surface area contributed by atoms with Crippen molar-refractivity contribution >= 4 is 6.29 Å². The van der Waals surface area contributed by atoms with E-state index in [4.69, 9.17) is 0 Å². The van der Waals surface area contributed by atoms with Gasteiger partial charge in [-0.05, 0) is 17.9 Å².